The molecule has 4 nitrogen and oxygen atoms in total. The predicted molar refractivity (Wildman–Crippen MR) is 88.1 cm³/mol. The highest BCUT2D eigenvalue weighted by Crippen LogP contribution is 2.29. The van der Waals surface area contributed by atoms with Crippen molar-refractivity contribution in [1.82, 2.24) is 4.90 Å². The number of carboxylic acids is 1. The largest absolute Gasteiger partial charge is 0.481 e. The molecule has 4 heteroatoms. The number of rotatable bonds is 4. The maximum Gasteiger partial charge on any atom is 0.303 e. The van der Waals surface area contributed by atoms with Crippen molar-refractivity contribution in [2.45, 2.75) is 44.9 Å². The Labute approximate surface area is 137 Å². The Hall–Kier alpha value is -1.84. The maximum atomic E-state index is 12.5. The monoisotopic (exact) mass is 315 g/mol. The van der Waals surface area contributed by atoms with Crippen molar-refractivity contribution in [2.24, 2.45) is 11.8 Å². The number of likely N-dealkylation sites (tertiary alicyclic amines) is 1. The average molecular weight is 315 g/mol. The van der Waals surface area contributed by atoms with Crippen LogP contribution < -0.4 is 0 Å². The molecule has 1 saturated heterocycles. The Morgan fingerprint density at radius 1 is 1.00 bits per heavy atom. The number of hydrogen-bond acceptors (Lipinski definition) is 2. The number of aliphatic carboxylic acids is 1. The molecule has 2 aliphatic rings. The molecule has 1 fully saturated rings. The maximum absolute atomic E-state index is 12.5. The number of aryl methyl sites for hydroxylation is 1. The first-order valence-corrected chi connectivity index (χ1v) is 8.68. The Kier molecular flexibility index (Phi) is 4.99. The molecule has 3 rings (SSSR count). The molecule has 1 aromatic rings. The Bertz CT molecular complexity index is 576. The van der Waals surface area contributed by atoms with Crippen molar-refractivity contribution in [3.05, 3.63) is 35.4 Å². The van der Waals surface area contributed by atoms with Gasteiger partial charge in [-0.25, -0.2) is 0 Å². The molecule has 1 atom stereocenters. The van der Waals surface area contributed by atoms with E-state index in [-0.39, 0.29) is 18.2 Å². The number of carbonyl (C=O) groups is 2. The van der Waals surface area contributed by atoms with E-state index in [4.69, 9.17) is 5.11 Å². The molecule has 1 aliphatic heterocycles. The lowest BCUT2D eigenvalue weighted by molar-refractivity contribution is -0.138. The van der Waals surface area contributed by atoms with Gasteiger partial charge in [0.1, 0.15) is 0 Å². The molecule has 1 unspecified atom stereocenters. The first-order valence-electron chi connectivity index (χ1n) is 8.68. The highest BCUT2D eigenvalue weighted by molar-refractivity contribution is 5.76. The standard InChI is InChI=1S/C19H25NO3/c21-18(20-9-7-14(8-10-20)13-19(22)23)12-15-5-6-16-3-1-2-4-17(16)11-15/h1-4,14-15H,5-13H2,(H,22,23). The average Bonchev–Trinajstić information content (AvgIpc) is 2.55. The van der Waals surface area contributed by atoms with E-state index in [1.807, 2.05) is 4.90 Å². The van der Waals surface area contributed by atoms with Gasteiger partial charge in [-0.2, -0.15) is 0 Å². The van der Waals surface area contributed by atoms with E-state index < -0.39 is 5.97 Å². The summed E-state index contributed by atoms with van der Waals surface area (Å²) in [7, 11) is 0. The van der Waals surface area contributed by atoms with Gasteiger partial charge in [-0.15, -0.1) is 0 Å². The molecule has 0 aromatic heterocycles. The highest BCUT2D eigenvalue weighted by atomic mass is 16.4. The van der Waals surface area contributed by atoms with Gasteiger partial charge in [0.2, 0.25) is 5.91 Å². The number of carbonyl (C=O) groups excluding carboxylic acids is 1. The normalized spacial score (nSPS) is 21.7. The second-order valence-corrected chi connectivity index (χ2v) is 7.00. The zero-order valence-electron chi connectivity index (χ0n) is 13.5. The lowest BCUT2D eigenvalue weighted by Gasteiger charge is -2.33. The van der Waals surface area contributed by atoms with Gasteiger partial charge in [0.15, 0.2) is 0 Å². The number of fused-ring (bicyclic) bond motifs is 1. The summed E-state index contributed by atoms with van der Waals surface area (Å²) in [6.45, 7) is 1.44. The van der Waals surface area contributed by atoms with E-state index in [9.17, 15) is 9.59 Å². The second-order valence-electron chi connectivity index (χ2n) is 7.00. The first kappa shape index (κ1) is 16.0. The van der Waals surface area contributed by atoms with Gasteiger partial charge in [0.05, 0.1) is 0 Å². The van der Waals surface area contributed by atoms with Gasteiger partial charge in [-0.3, -0.25) is 9.59 Å². The minimum absolute atomic E-state index is 0.234. The lowest BCUT2D eigenvalue weighted by Crippen LogP contribution is -2.40. The van der Waals surface area contributed by atoms with Crippen LogP contribution in [0.3, 0.4) is 0 Å². The zero-order valence-corrected chi connectivity index (χ0v) is 13.5. The van der Waals surface area contributed by atoms with Crippen LogP contribution in [0.1, 0.15) is 43.2 Å². The van der Waals surface area contributed by atoms with E-state index in [0.717, 1.165) is 45.2 Å². The molecule has 1 N–H and O–H groups in total. The quantitative estimate of drug-likeness (QED) is 0.929. The van der Waals surface area contributed by atoms with Crippen LogP contribution in [-0.2, 0) is 22.4 Å². The lowest BCUT2D eigenvalue weighted by atomic mass is 9.82. The summed E-state index contributed by atoms with van der Waals surface area (Å²) in [6, 6.07) is 8.55. The van der Waals surface area contributed by atoms with Crippen LogP contribution in [-0.4, -0.2) is 35.0 Å². The van der Waals surface area contributed by atoms with Gasteiger partial charge >= 0.3 is 5.97 Å². The molecule has 1 amide bonds. The Morgan fingerprint density at radius 3 is 2.39 bits per heavy atom. The Balaban J connectivity index is 1.48. The smallest absolute Gasteiger partial charge is 0.303 e. The van der Waals surface area contributed by atoms with Gasteiger partial charge in [-0.05, 0) is 55.1 Å². The van der Waals surface area contributed by atoms with Crippen LogP contribution in [0.2, 0.25) is 0 Å². The number of hydrogen-bond donors (Lipinski definition) is 1. The van der Waals surface area contributed by atoms with Crippen LogP contribution in [0.5, 0.6) is 0 Å². The van der Waals surface area contributed by atoms with Crippen molar-refractivity contribution in [2.75, 3.05) is 13.1 Å². The Morgan fingerprint density at radius 2 is 1.70 bits per heavy atom. The third kappa shape index (κ3) is 4.12. The van der Waals surface area contributed by atoms with Crippen LogP contribution in [0.25, 0.3) is 0 Å². The fraction of sp³-hybridized carbons (Fsp3) is 0.579. The van der Waals surface area contributed by atoms with Crippen molar-refractivity contribution < 1.29 is 14.7 Å². The number of piperidine rings is 1. The van der Waals surface area contributed by atoms with Crippen molar-refractivity contribution >= 4 is 11.9 Å². The summed E-state index contributed by atoms with van der Waals surface area (Å²) in [5.41, 5.74) is 2.84. The minimum Gasteiger partial charge on any atom is -0.481 e. The van der Waals surface area contributed by atoms with E-state index in [1.165, 1.54) is 11.1 Å². The molecule has 0 spiro atoms. The fourth-order valence-electron chi connectivity index (χ4n) is 3.96. The summed E-state index contributed by atoms with van der Waals surface area (Å²) in [5.74, 6) is 0.214. The van der Waals surface area contributed by atoms with Crippen molar-refractivity contribution in [3.8, 4) is 0 Å². The number of amides is 1. The molecule has 0 bridgehead atoms. The molecule has 1 aliphatic carbocycles. The van der Waals surface area contributed by atoms with E-state index >= 15 is 0 Å². The summed E-state index contributed by atoms with van der Waals surface area (Å²) in [5, 5.41) is 8.86. The first-order chi connectivity index (χ1) is 11.1. The van der Waals surface area contributed by atoms with E-state index in [1.54, 1.807) is 0 Å². The molecule has 23 heavy (non-hydrogen) atoms. The molecule has 124 valence electrons. The van der Waals surface area contributed by atoms with Crippen LogP contribution >= 0.6 is 0 Å². The van der Waals surface area contributed by atoms with Gasteiger partial charge in [0.25, 0.3) is 0 Å². The highest BCUT2D eigenvalue weighted by Gasteiger charge is 2.27. The summed E-state index contributed by atoms with van der Waals surface area (Å²) < 4.78 is 0. The molecule has 1 heterocycles. The van der Waals surface area contributed by atoms with Gasteiger partial charge in [0, 0.05) is 25.9 Å². The zero-order chi connectivity index (χ0) is 16.2. The van der Waals surface area contributed by atoms with Crippen LogP contribution in [0.4, 0.5) is 0 Å². The van der Waals surface area contributed by atoms with Gasteiger partial charge < -0.3 is 10.0 Å². The summed E-state index contributed by atoms with van der Waals surface area (Å²) in [6.07, 6.45) is 5.71. The molecular weight excluding hydrogens is 290 g/mol. The SMILES string of the molecule is O=C(O)CC1CCN(C(=O)CC2CCc3ccccc3C2)CC1. The van der Waals surface area contributed by atoms with Crippen LogP contribution in [0, 0.1) is 11.8 Å². The fourth-order valence-corrected chi connectivity index (χ4v) is 3.96. The van der Waals surface area contributed by atoms with E-state index in [0.29, 0.717) is 12.3 Å². The van der Waals surface area contributed by atoms with Gasteiger partial charge in [-0.1, -0.05) is 24.3 Å². The number of benzene rings is 1. The molecule has 0 saturated carbocycles. The van der Waals surface area contributed by atoms with Crippen molar-refractivity contribution in [1.29, 1.82) is 0 Å². The third-order valence-corrected chi connectivity index (χ3v) is 5.34. The number of carboxylic acid groups (broad SMARTS) is 1. The molecular formula is C19H25NO3. The molecule has 0 radical (unpaired) electrons. The topological polar surface area (TPSA) is 57.6 Å². The predicted octanol–water partition coefficient (Wildman–Crippen LogP) is 2.89. The number of nitrogens with zero attached hydrogens (tertiary/aromatic N) is 1. The van der Waals surface area contributed by atoms with Crippen molar-refractivity contribution in [3.63, 3.8) is 0 Å². The van der Waals surface area contributed by atoms with E-state index in [2.05, 4.69) is 24.3 Å². The third-order valence-electron chi connectivity index (χ3n) is 5.34. The molecule has 1 aromatic carbocycles. The second kappa shape index (κ2) is 7.16. The summed E-state index contributed by atoms with van der Waals surface area (Å²) in [4.78, 5) is 25.2. The summed E-state index contributed by atoms with van der Waals surface area (Å²) >= 11 is 0. The minimum atomic E-state index is -0.726. The van der Waals surface area contributed by atoms with Crippen LogP contribution in [0.15, 0.2) is 24.3 Å².